The summed E-state index contributed by atoms with van der Waals surface area (Å²) >= 11 is 0. The fourth-order valence-corrected chi connectivity index (χ4v) is 2.23. The van der Waals surface area contributed by atoms with Gasteiger partial charge in [0.05, 0.1) is 6.54 Å². The highest BCUT2D eigenvalue weighted by molar-refractivity contribution is 5.92. The molecular formula is C18H28N4O2. The number of aryl methyl sites for hydroxylation is 1. The summed E-state index contributed by atoms with van der Waals surface area (Å²) in [5.41, 5.74) is 7.50. The number of carbonyl (C=O) groups is 1. The largest absolute Gasteiger partial charge is 0.444 e. The van der Waals surface area contributed by atoms with Gasteiger partial charge in [-0.25, -0.2) is 4.79 Å². The van der Waals surface area contributed by atoms with E-state index in [-0.39, 0.29) is 12.1 Å². The average molecular weight is 332 g/mol. The molecule has 1 amide bonds. The van der Waals surface area contributed by atoms with Gasteiger partial charge in [-0.1, -0.05) is 17.7 Å². The van der Waals surface area contributed by atoms with E-state index in [1.54, 1.807) is 4.90 Å². The summed E-state index contributed by atoms with van der Waals surface area (Å²) < 4.78 is 5.46. The van der Waals surface area contributed by atoms with E-state index in [4.69, 9.17) is 10.5 Å². The first-order valence-corrected chi connectivity index (χ1v) is 8.38. The number of rotatable bonds is 5. The van der Waals surface area contributed by atoms with Crippen molar-refractivity contribution >= 4 is 17.7 Å². The van der Waals surface area contributed by atoms with Crippen LogP contribution in [0.3, 0.4) is 0 Å². The van der Waals surface area contributed by atoms with E-state index < -0.39 is 5.60 Å². The average Bonchev–Trinajstić information content (AvgIpc) is 3.28. The molecule has 1 aromatic rings. The lowest BCUT2D eigenvalue weighted by Crippen LogP contribution is -2.40. The third kappa shape index (κ3) is 6.10. The number of anilines is 1. The Kier molecular flexibility index (Phi) is 5.70. The van der Waals surface area contributed by atoms with Gasteiger partial charge < -0.3 is 20.7 Å². The van der Waals surface area contributed by atoms with Crippen molar-refractivity contribution in [2.45, 2.75) is 52.2 Å². The summed E-state index contributed by atoms with van der Waals surface area (Å²) in [5.74, 6) is 0.346. The number of hydrogen-bond acceptors (Lipinski definition) is 3. The Morgan fingerprint density at radius 2 is 1.96 bits per heavy atom. The fourth-order valence-electron chi connectivity index (χ4n) is 2.23. The van der Waals surface area contributed by atoms with Crippen molar-refractivity contribution in [2.24, 2.45) is 10.7 Å². The summed E-state index contributed by atoms with van der Waals surface area (Å²) in [6.07, 6.45) is 1.78. The van der Waals surface area contributed by atoms with Crippen LogP contribution in [-0.4, -0.2) is 41.7 Å². The van der Waals surface area contributed by atoms with Crippen LogP contribution < -0.4 is 11.1 Å². The van der Waals surface area contributed by atoms with Crippen LogP contribution in [0.5, 0.6) is 0 Å². The SMILES string of the molecule is Cc1ccc(NC(N)=NCCN(C(=O)OC(C)(C)C)C2CC2)cc1. The summed E-state index contributed by atoms with van der Waals surface area (Å²) in [5, 5.41) is 3.05. The molecule has 0 aliphatic heterocycles. The lowest BCUT2D eigenvalue weighted by molar-refractivity contribution is 0.0240. The second-order valence-electron chi connectivity index (χ2n) is 7.16. The van der Waals surface area contributed by atoms with Crippen LogP contribution >= 0.6 is 0 Å². The maximum absolute atomic E-state index is 12.2. The van der Waals surface area contributed by atoms with Gasteiger partial charge in [-0.05, 0) is 52.7 Å². The predicted octanol–water partition coefficient (Wildman–Crippen LogP) is 3.12. The number of nitrogens with one attached hydrogen (secondary N) is 1. The second-order valence-corrected chi connectivity index (χ2v) is 7.16. The highest BCUT2D eigenvalue weighted by atomic mass is 16.6. The van der Waals surface area contributed by atoms with E-state index >= 15 is 0 Å². The molecule has 0 spiro atoms. The van der Waals surface area contributed by atoms with Crippen LogP contribution in [0, 0.1) is 6.92 Å². The topological polar surface area (TPSA) is 80.0 Å². The highest BCUT2D eigenvalue weighted by Gasteiger charge is 2.34. The van der Waals surface area contributed by atoms with Gasteiger partial charge in [-0.15, -0.1) is 0 Å². The number of benzene rings is 1. The highest BCUT2D eigenvalue weighted by Crippen LogP contribution is 2.28. The van der Waals surface area contributed by atoms with Crippen molar-refractivity contribution in [1.29, 1.82) is 0 Å². The Hall–Kier alpha value is -2.24. The first kappa shape index (κ1) is 18.1. The molecule has 0 bridgehead atoms. The molecule has 0 saturated heterocycles. The van der Waals surface area contributed by atoms with Crippen LogP contribution in [0.4, 0.5) is 10.5 Å². The zero-order valence-electron chi connectivity index (χ0n) is 15.0. The molecule has 1 aromatic carbocycles. The number of guanidine groups is 1. The number of nitrogens with two attached hydrogens (primary N) is 1. The van der Waals surface area contributed by atoms with Crippen molar-refractivity contribution < 1.29 is 9.53 Å². The first-order chi connectivity index (χ1) is 11.2. The minimum absolute atomic E-state index is 0.273. The van der Waals surface area contributed by atoms with Gasteiger partial charge in [0.1, 0.15) is 5.60 Å². The van der Waals surface area contributed by atoms with Gasteiger partial charge in [-0.3, -0.25) is 4.99 Å². The number of carbonyl (C=O) groups excluding carboxylic acids is 1. The number of nitrogens with zero attached hydrogens (tertiary/aromatic N) is 2. The normalized spacial score (nSPS) is 15.1. The molecule has 0 radical (unpaired) electrons. The summed E-state index contributed by atoms with van der Waals surface area (Å²) in [4.78, 5) is 18.3. The maximum Gasteiger partial charge on any atom is 0.410 e. The van der Waals surface area contributed by atoms with E-state index in [0.717, 1.165) is 18.5 Å². The number of amides is 1. The number of ether oxygens (including phenoxy) is 1. The molecule has 0 heterocycles. The van der Waals surface area contributed by atoms with Gasteiger partial charge >= 0.3 is 6.09 Å². The lowest BCUT2D eigenvalue weighted by Gasteiger charge is -2.27. The molecule has 1 saturated carbocycles. The number of hydrogen-bond donors (Lipinski definition) is 2. The summed E-state index contributed by atoms with van der Waals surface area (Å²) in [6, 6.07) is 8.20. The smallest absolute Gasteiger partial charge is 0.410 e. The van der Waals surface area contributed by atoms with Gasteiger partial charge in [0.2, 0.25) is 0 Å². The predicted molar refractivity (Wildman–Crippen MR) is 97.3 cm³/mol. The van der Waals surface area contributed by atoms with Gasteiger partial charge in [0, 0.05) is 18.3 Å². The number of aliphatic imine (C=N–C) groups is 1. The summed E-state index contributed by atoms with van der Waals surface area (Å²) in [7, 11) is 0. The Balaban J connectivity index is 1.85. The molecule has 1 aliphatic rings. The van der Waals surface area contributed by atoms with Crippen LogP contribution in [0.25, 0.3) is 0 Å². The van der Waals surface area contributed by atoms with E-state index in [2.05, 4.69) is 10.3 Å². The van der Waals surface area contributed by atoms with Crippen molar-refractivity contribution in [3.8, 4) is 0 Å². The molecule has 0 atom stereocenters. The monoisotopic (exact) mass is 332 g/mol. The molecule has 1 fully saturated rings. The molecular weight excluding hydrogens is 304 g/mol. The van der Waals surface area contributed by atoms with Crippen LogP contribution in [0.1, 0.15) is 39.2 Å². The molecule has 0 aromatic heterocycles. The van der Waals surface area contributed by atoms with Crippen molar-refractivity contribution in [3.05, 3.63) is 29.8 Å². The summed E-state index contributed by atoms with van der Waals surface area (Å²) in [6.45, 7) is 8.60. The van der Waals surface area contributed by atoms with Crippen LogP contribution in [0.15, 0.2) is 29.3 Å². The Bertz CT molecular complexity index is 586. The van der Waals surface area contributed by atoms with Crippen LogP contribution in [0.2, 0.25) is 0 Å². The maximum atomic E-state index is 12.2. The molecule has 6 nitrogen and oxygen atoms in total. The third-order valence-electron chi connectivity index (χ3n) is 3.56. The molecule has 1 aliphatic carbocycles. The van der Waals surface area contributed by atoms with Gasteiger partial charge in [0.15, 0.2) is 5.96 Å². The Morgan fingerprint density at radius 1 is 1.33 bits per heavy atom. The first-order valence-electron chi connectivity index (χ1n) is 8.38. The standard InChI is InChI=1S/C18H28N4O2/c1-13-5-7-14(8-6-13)21-16(19)20-11-12-22(15-9-10-15)17(23)24-18(2,3)4/h5-8,15H,9-12H2,1-4H3,(H3,19,20,21). The Labute approximate surface area is 144 Å². The Morgan fingerprint density at radius 3 is 2.50 bits per heavy atom. The van der Waals surface area contributed by atoms with Crippen molar-refractivity contribution in [2.75, 3.05) is 18.4 Å². The lowest BCUT2D eigenvalue weighted by atomic mass is 10.2. The van der Waals surface area contributed by atoms with E-state index in [9.17, 15) is 4.79 Å². The molecule has 24 heavy (non-hydrogen) atoms. The van der Waals surface area contributed by atoms with E-state index in [1.165, 1.54) is 5.56 Å². The van der Waals surface area contributed by atoms with E-state index in [1.807, 2.05) is 52.0 Å². The molecule has 132 valence electrons. The van der Waals surface area contributed by atoms with Crippen LogP contribution in [-0.2, 0) is 4.74 Å². The van der Waals surface area contributed by atoms with Crippen molar-refractivity contribution in [1.82, 2.24) is 4.90 Å². The second kappa shape index (κ2) is 7.55. The zero-order chi connectivity index (χ0) is 17.7. The minimum atomic E-state index is -0.487. The molecule has 0 unspecified atom stereocenters. The molecule has 2 rings (SSSR count). The van der Waals surface area contributed by atoms with Gasteiger partial charge in [0.25, 0.3) is 0 Å². The zero-order valence-corrected chi connectivity index (χ0v) is 15.0. The third-order valence-corrected chi connectivity index (χ3v) is 3.56. The quantitative estimate of drug-likeness (QED) is 0.641. The van der Waals surface area contributed by atoms with Crippen molar-refractivity contribution in [3.63, 3.8) is 0 Å². The fraction of sp³-hybridized carbons (Fsp3) is 0.556. The molecule has 3 N–H and O–H groups in total. The minimum Gasteiger partial charge on any atom is -0.444 e. The van der Waals surface area contributed by atoms with Gasteiger partial charge in [-0.2, -0.15) is 0 Å². The van der Waals surface area contributed by atoms with E-state index in [0.29, 0.717) is 19.0 Å². The molecule has 6 heteroatoms.